The third-order valence-corrected chi connectivity index (χ3v) is 5.28. The second kappa shape index (κ2) is 6.09. The summed E-state index contributed by atoms with van der Waals surface area (Å²) in [5.74, 6) is -0.203. The minimum atomic E-state index is -0.203. The molecule has 2 aromatic heterocycles. The lowest BCUT2D eigenvalue weighted by Crippen LogP contribution is -2.19. The highest BCUT2D eigenvalue weighted by molar-refractivity contribution is 6.06. The number of aromatic nitrogens is 3. The molecule has 0 saturated carbocycles. The van der Waals surface area contributed by atoms with E-state index in [-0.39, 0.29) is 11.5 Å². The second-order valence-electron chi connectivity index (χ2n) is 6.97. The maximum atomic E-state index is 12.6. The molecular weight excluding hydrogens is 340 g/mol. The van der Waals surface area contributed by atoms with Crippen LogP contribution in [-0.4, -0.2) is 20.9 Å². The van der Waals surface area contributed by atoms with Crippen LogP contribution in [0.5, 0.6) is 0 Å². The third kappa shape index (κ3) is 2.70. The lowest BCUT2D eigenvalue weighted by atomic mass is 9.90. The third-order valence-electron chi connectivity index (χ3n) is 5.28. The minimum absolute atomic E-state index is 0.00891. The van der Waals surface area contributed by atoms with Gasteiger partial charge in [-0.3, -0.25) is 9.59 Å². The van der Waals surface area contributed by atoms with Crippen molar-refractivity contribution in [2.75, 3.05) is 5.32 Å². The Hall–Kier alpha value is -3.41. The van der Waals surface area contributed by atoms with Crippen LogP contribution in [0.1, 0.15) is 34.3 Å². The molecule has 2 aromatic carbocycles. The first-order chi connectivity index (χ1) is 13.2. The number of amides is 1. The molecule has 5 rings (SSSR count). The van der Waals surface area contributed by atoms with E-state index in [1.54, 1.807) is 18.5 Å². The lowest BCUT2D eigenvalue weighted by Gasteiger charge is -2.17. The van der Waals surface area contributed by atoms with E-state index in [0.29, 0.717) is 11.3 Å². The normalized spacial score (nSPS) is 13.6. The summed E-state index contributed by atoms with van der Waals surface area (Å²) in [6.45, 7) is 0. The number of nitrogens with one attached hydrogen (secondary N) is 3. The summed E-state index contributed by atoms with van der Waals surface area (Å²) in [7, 11) is 0. The Morgan fingerprint density at radius 3 is 2.74 bits per heavy atom. The molecule has 134 valence electrons. The van der Waals surface area contributed by atoms with Crippen molar-refractivity contribution in [3.05, 3.63) is 69.8 Å². The molecule has 6 heteroatoms. The van der Waals surface area contributed by atoms with Crippen LogP contribution in [0.25, 0.3) is 21.9 Å². The number of pyridine rings is 1. The van der Waals surface area contributed by atoms with Crippen molar-refractivity contribution >= 4 is 33.5 Å². The average Bonchev–Trinajstić information content (AvgIpc) is 3.16. The molecule has 1 amide bonds. The predicted octanol–water partition coefficient (Wildman–Crippen LogP) is 3.54. The highest BCUT2D eigenvalue weighted by Crippen LogP contribution is 2.27. The number of anilines is 1. The van der Waals surface area contributed by atoms with Gasteiger partial charge >= 0.3 is 0 Å². The fourth-order valence-corrected chi connectivity index (χ4v) is 3.92. The lowest BCUT2D eigenvalue weighted by molar-refractivity contribution is 0.102. The van der Waals surface area contributed by atoms with Crippen LogP contribution < -0.4 is 10.9 Å². The number of benzene rings is 2. The standard InChI is InChI=1S/C21H18N4O2/c26-20(12-5-8-17-19(9-12)23-11-22-17)24-13-6-7-15-14-3-1-2-4-16(14)21(27)25-18(15)10-13/h5-11H,1-4H2,(H,22,23)(H,24,26)(H,25,27). The SMILES string of the molecule is O=C(Nc1ccc2c3c(c(=O)[nH]c2c1)CCCC3)c1ccc2nc[nH]c2c1. The Morgan fingerprint density at radius 2 is 1.85 bits per heavy atom. The summed E-state index contributed by atoms with van der Waals surface area (Å²) >= 11 is 0. The molecule has 0 radical (unpaired) electrons. The van der Waals surface area contributed by atoms with Gasteiger partial charge in [0.25, 0.3) is 11.5 Å². The monoisotopic (exact) mass is 358 g/mol. The molecule has 27 heavy (non-hydrogen) atoms. The summed E-state index contributed by atoms with van der Waals surface area (Å²) in [4.78, 5) is 35.1. The number of fused-ring (bicyclic) bond motifs is 4. The van der Waals surface area contributed by atoms with Gasteiger partial charge in [0, 0.05) is 22.2 Å². The Bertz CT molecular complexity index is 1250. The zero-order chi connectivity index (χ0) is 18.4. The Morgan fingerprint density at radius 1 is 1.00 bits per heavy atom. The van der Waals surface area contributed by atoms with Crippen LogP contribution in [0, 0.1) is 0 Å². The first-order valence-corrected chi connectivity index (χ1v) is 9.11. The number of hydrogen-bond donors (Lipinski definition) is 3. The van der Waals surface area contributed by atoms with Crippen LogP contribution in [0.3, 0.4) is 0 Å². The molecule has 0 fully saturated rings. The van der Waals surface area contributed by atoms with Gasteiger partial charge in [0.2, 0.25) is 0 Å². The van der Waals surface area contributed by atoms with Gasteiger partial charge in [-0.15, -0.1) is 0 Å². The number of imidazole rings is 1. The number of carbonyl (C=O) groups excluding carboxylic acids is 1. The Labute approximate surface area is 154 Å². The van der Waals surface area contributed by atoms with Crippen molar-refractivity contribution in [2.45, 2.75) is 25.7 Å². The summed E-state index contributed by atoms with van der Waals surface area (Å²) in [5.41, 5.74) is 5.67. The van der Waals surface area contributed by atoms with Crippen molar-refractivity contribution in [1.82, 2.24) is 15.0 Å². The molecule has 4 aromatic rings. The maximum absolute atomic E-state index is 12.6. The molecule has 1 aliphatic carbocycles. The summed E-state index contributed by atoms with van der Waals surface area (Å²) in [6.07, 6.45) is 5.56. The van der Waals surface area contributed by atoms with Crippen LogP contribution >= 0.6 is 0 Å². The highest BCUT2D eigenvalue weighted by Gasteiger charge is 2.17. The van der Waals surface area contributed by atoms with Crippen LogP contribution in [0.15, 0.2) is 47.5 Å². The number of aryl methyl sites for hydroxylation is 1. The van der Waals surface area contributed by atoms with Gasteiger partial charge in [0.05, 0.1) is 22.9 Å². The molecule has 1 aliphatic rings. The summed E-state index contributed by atoms with van der Waals surface area (Å²) < 4.78 is 0. The van der Waals surface area contributed by atoms with Gasteiger partial charge in [-0.05, 0) is 61.6 Å². The number of carbonyl (C=O) groups is 1. The fraction of sp³-hybridized carbons (Fsp3) is 0.190. The van der Waals surface area contributed by atoms with Crippen molar-refractivity contribution in [3.63, 3.8) is 0 Å². The number of hydrogen-bond acceptors (Lipinski definition) is 3. The largest absolute Gasteiger partial charge is 0.345 e. The molecule has 2 heterocycles. The van der Waals surface area contributed by atoms with Crippen molar-refractivity contribution < 1.29 is 4.79 Å². The topological polar surface area (TPSA) is 90.6 Å². The quantitative estimate of drug-likeness (QED) is 0.512. The Kier molecular flexibility index (Phi) is 3.57. The van der Waals surface area contributed by atoms with E-state index in [1.165, 1.54) is 0 Å². The van der Waals surface area contributed by atoms with E-state index in [0.717, 1.165) is 58.7 Å². The van der Waals surface area contributed by atoms with E-state index < -0.39 is 0 Å². The average molecular weight is 358 g/mol. The van der Waals surface area contributed by atoms with E-state index >= 15 is 0 Å². The molecule has 0 bridgehead atoms. The first-order valence-electron chi connectivity index (χ1n) is 9.11. The molecule has 0 atom stereocenters. The number of H-pyrrole nitrogens is 2. The molecule has 3 N–H and O–H groups in total. The zero-order valence-electron chi connectivity index (χ0n) is 14.6. The maximum Gasteiger partial charge on any atom is 0.255 e. The van der Waals surface area contributed by atoms with Gasteiger partial charge in [0.15, 0.2) is 0 Å². The van der Waals surface area contributed by atoms with Crippen LogP contribution in [0.2, 0.25) is 0 Å². The van der Waals surface area contributed by atoms with Crippen molar-refractivity contribution in [3.8, 4) is 0 Å². The fourth-order valence-electron chi connectivity index (χ4n) is 3.92. The summed E-state index contributed by atoms with van der Waals surface area (Å²) in [5, 5.41) is 3.98. The molecule has 0 aliphatic heterocycles. The van der Waals surface area contributed by atoms with Crippen molar-refractivity contribution in [2.24, 2.45) is 0 Å². The number of aromatic amines is 2. The molecule has 0 spiro atoms. The molecular formula is C21H18N4O2. The predicted molar refractivity (Wildman–Crippen MR) is 105 cm³/mol. The minimum Gasteiger partial charge on any atom is -0.345 e. The smallest absolute Gasteiger partial charge is 0.255 e. The van der Waals surface area contributed by atoms with E-state index in [2.05, 4.69) is 20.3 Å². The first kappa shape index (κ1) is 15.8. The second-order valence-corrected chi connectivity index (χ2v) is 6.97. The molecule has 0 unspecified atom stereocenters. The van der Waals surface area contributed by atoms with Gasteiger partial charge < -0.3 is 15.3 Å². The van der Waals surface area contributed by atoms with Gasteiger partial charge in [-0.25, -0.2) is 4.98 Å². The zero-order valence-corrected chi connectivity index (χ0v) is 14.6. The highest BCUT2D eigenvalue weighted by atomic mass is 16.1. The van der Waals surface area contributed by atoms with Gasteiger partial charge in [-0.1, -0.05) is 6.07 Å². The van der Waals surface area contributed by atoms with E-state index in [4.69, 9.17) is 0 Å². The number of rotatable bonds is 2. The van der Waals surface area contributed by atoms with E-state index in [1.807, 2.05) is 24.3 Å². The van der Waals surface area contributed by atoms with Gasteiger partial charge in [-0.2, -0.15) is 0 Å². The Balaban J connectivity index is 1.49. The summed E-state index contributed by atoms with van der Waals surface area (Å²) in [6, 6.07) is 11.0. The van der Waals surface area contributed by atoms with E-state index in [9.17, 15) is 9.59 Å². The number of nitrogens with zero attached hydrogens (tertiary/aromatic N) is 1. The van der Waals surface area contributed by atoms with Crippen LogP contribution in [0.4, 0.5) is 5.69 Å². The van der Waals surface area contributed by atoms with Crippen molar-refractivity contribution in [1.29, 1.82) is 0 Å². The van der Waals surface area contributed by atoms with Crippen LogP contribution in [-0.2, 0) is 12.8 Å². The van der Waals surface area contributed by atoms with Gasteiger partial charge in [0.1, 0.15) is 0 Å². The molecule has 6 nitrogen and oxygen atoms in total. The molecule has 0 saturated heterocycles.